The van der Waals surface area contributed by atoms with Crippen LogP contribution in [0.5, 0.6) is 0 Å². The number of benzene rings is 1. The summed E-state index contributed by atoms with van der Waals surface area (Å²) in [5.41, 5.74) is -0.464. The maximum atomic E-state index is 13.3. The molecule has 1 saturated heterocycles. The molecule has 0 unspecified atom stereocenters. The van der Waals surface area contributed by atoms with E-state index in [-0.39, 0.29) is 23.7 Å². The molecule has 1 aliphatic heterocycles. The van der Waals surface area contributed by atoms with Crippen LogP contribution in [0.25, 0.3) is 10.1 Å². The van der Waals surface area contributed by atoms with Crippen LogP contribution < -0.4 is 10.6 Å². The molecule has 2 heterocycles. The Morgan fingerprint density at radius 1 is 1.35 bits per heavy atom. The molecule has 6 heteroatoms. The Morgan fingerprint density at radius 2 is 2.22 bits per heavy atom. The Balaban J connectivity index is 1.61. The molecule has 2 amide bonds. The van der Waals surface area contributed by atoms with Crippen molar-refractivity contribution in [2.45, 2.75) is 43.7 Å². The predicted molar refractivity (Wildman–Crippen MR) is 87.0 cm³/mol. The number of halogens is 1. The van der Waals surface area contributed by atoms with Gasteiger partial charge in [-0.05, 0) is 42.5 Å². The highest BCUT2D eigenvalue weighted by Gasteiger charge is 2.49. The van der Waals surface area contributed by atoms with Crippen molar-refractivity contribution in [3.63, 3.8) is 0 Å². The van der Waals surface area contributed by atoms with Gasteiger partial charge >= 0.3 is 0 Å². The standard InChI is InChI=1S/C17H17FN2O2S/c18-11-4-5-12-10(7-11)8-13(23-12)16(22)20-17-6-2-1-3-14(17)19-15(21)9-17/h4-5,7-8,14H,1-3,6,9H2,(H,19,21)(H,20,22)/t14-,17+/m0/s1. The summed E-state index contributed by atoms with van der Waals surface area (Å²) in [7, 11) is 0. The second-order valence-electron chi connectivity index (χ2n) is 6.45. The first kappa shape index (κ1) is 14.6. The summed E-state index contributed by atoms with van der Waals surface area (Å²) in [6.07, 6.45) is 4.17. The van der Waals surface area contributed by atoms with Crippen LogP contribution in [-0.4, -0.2) is 23.4 Å². The highest BCUT2D eigenvalue weighted by Crippen LogP contribution is 2.36. The monoisotopic (exact) mass is 332 g/mol. The number of thiophene rings is 1. The molecule has 23 heavy (non-hydrogen) atoms. The zero-order valence-electron chi connectivity index (χ0n) is 12.5. The third-order valence-electron chi connectivity index (χ3n) is 4.91. The lowest BCUT2D eigenvalue weighted by molar-refractivity contribution is -0.119. The van der Waals surface area contributed by atoms with E-state index < -0.39 is 5.54 Å². The first-order valence-corrected chi connectivity index (χ1v) is 8.68. The molecule has 1 aliphatic carbocycles. The molecule has 1 aromatic heterocycles. The van der Waals surface area contributed by atoms with Gasteiger partial charge in [-0.2, -0.15) is 0 Å². The second-order valence-corrected chi connectivity index (χ2v) is 7.53. The van der Waals surface area contributed by atoms with Gasteiger partial charge in [-0.3, -0.25) is 9.59 Å². The highest BCUT2D eigenvalue weighted by atomic mass is 32.1. The van der Waals surface area contributed by atoms with E-state index in [0.29, 0.717) is 11.3 Å². The molecular weight excluding hydrogens is 315 g/mol. The van der Waals surface area contributed by atoms with E-state index in [0.717, 1.165) is 35.8 Å². The molecule has 2 fully saturated rings. The summed E-state index contributed by atoms with van der Waals surface area (Å²) in [5.74, 6) is -0.468. The van der Waals surface area contributed by atoms with Crippen molar-refractivity contribution in [1.82, 2.24) is 10.6 Å². The maximum absolute atomic E-state index is 13.3. The van der Waals surface area contributed by atoms with Crippen LogP contribution in [0.1, 0.15) is 41.8 Å². The number of carbonyl (C=O) groups excluding carboxylic acids is 2. The second kappa shape index (κ2) is 5.30. The van der Waals surface area contributed by atoms with E-state index in [9.17, 15) is 14.0 Å². The lowest BCUT2D eigenvalue weighted by atomic mass is 9.78. The number of rotatable bonds is 2. The fourth-order valence-corrected chi connectivity index (χ4v) is 4.74. The molecule has 2 atom stereocenters. The third kappa shape index (κ3) is 2.51. The van der Waals surface area contributed by atoms with Crippen molar-refractivity contribution in [2.75, 3.05) is 0 Å². The minimum atomic E-state index is -0.464. The lowest BCUT2D eigenvalue weighted by Gasteiger charge is -2.38. The Hall–Kier alpha value is -1.95. The van der Waals surface area contributed by atoms with Crippen LogP contribution in [0.15, 0.2) is 24.3 Å². The smallest absolute Gasteiger partial charge is 0.261 e. The fourth-order valence-electron chi connectivity index (χ4n) is 3.80. The summed E-state index contributed by atoms with van der Waals surface area (Å²) in [4.78, 5) is 25.0. The van der Waals surface area contributed by atoms with Crippen molar-refractivity contribution in [1.29, 1.82) is 0 Å². The molecular formula is C17H17FN2O2S. The van der Waals surface area contributed by atoms with E-state index in [4.69, 9.17) is 0 Å². The Kier molecular flexibility index (Phi) is 3.37. The quantitative estimate of drug-likeness (QED) is 0.888. The normalized spacial score (nSPS) is 26.8. The van der Waals surface area contributed by atoms with Gasteiger partial charge in [0.25, 0.3) is 5.91 Å². The van der Waals surface area contributed by atoms with Crippen molar-refractivity contribution in [2.24, 2.45) is 0 Å². The van der Waals surface area contributed by atoms with Crippen LogP contribution >= 0.6 is 11.3 Å². The average molecular weight is 332 g/mol. The van der Waals surface area contributed by atoms with Gasteiger partial charge in [-0.25, -0.2) is 4.39 Å². The van der Waals surface area contributed by atoms with Crippen LogP contribution in [0.3, 0.4) is 0 Å². The van der Waals surface area contributed by atoms with Gasteiger partial charge in [-0.1, -0.05) is 12.8 Å². The predicted octanol–water partition coefficient (Wildman–Crippen LogP) is 2.97. The van der Waals surface area contributed by atoms with E-state index >= 15 is 0 Å². The van der Waals surface area contributed by atoms with Crippen LogP contribution in [0.2, 0.25) is 0 Å². The maximum Gasteiger partial charge on any atom is 0.261 e. The SMILES string of the molecule is O=C1C[C@]2(NC(=O)c3cc4cc(F)ccc4s3)CCCC[C@@H]2N1. The van der Waals surface area contributed by atoms with Gasteiger partial charge in [0.2, 0.25) is 5.91 Å². The van der Waals surface area contributed by atoms with Gasteiger partial charge in [0.05, 0.1) is 22.9 Å². The van der Waals surface area contributed by atoms with Crippen molar-refractivity contribution < 1.29 is 14.0 Å². The Labute approximate surface area is 137 Å². The van der Waals surface area contributed by atoms with Crippen molar-refractivity contribution in [3.8, 4) is 0 Å². The van der Waals surface area contributed by atoms with Gasteiger partial charge < -0.3 is 10.6 Å². The molecule has 2 aliphatic rings. The van der Waals surface area contributed by atoms with Crippen molar-refractivity contribution >= 4 is 33.2 Å². The number of nitrogens with one attached hydrogen (secondary N) is 2. The van der Waals surface area contributed by atoms with E-state index in [2.05, 4.69) is 10.6 Å². The summed E-state index contributed by atoms with van der Waals surface area (Å²) in [5, 5.41) is 6.83. The highest BCUT2D eigenvalue weighted by molar-refractivity contribution is 7.20. The van der Waals surface area contributed by atoms with E-state index in [1.165, 1.54) is 23.5 Å². The van der Waals surface area contributed by atoms with E-state index in [1.807, 2.05) is 0 Å². The van der Waals surface area contributed by atoms with Crippen LogP contribution in [0, 0.1) is 5.82 Å². The fraction of sp³-hybridized carbons (Fsp3) is 0.412. The molecule has 4 nitrogen and oxygen atoms in total. The molecule has 4 rings (SSSR count). The summed E-state index contributed by atoms with van der Waals surface area (Å²) in [6, 6.07) is 6.27. The molecule has 0 radical (unpaired) electrons. The zero-order chi connectivity index (χ0) is 16.0. The molecule has 2 aromatic rings. The van der Waals surface area contributed by atoms with E-state index in [1.54, 1.807) is 12.1 Å². The Morgan fingerprint density at radius 3 is 3.09 bits per heavy atom. The topological polar surface area (TPSA) is 58.2 Å². The average Bonchev–Trinajstić information content (AvgIpc) is 3.06. The van der Waals surface area contributed by atoms with Gasteiger partial charge in [0.15, 0.2) is 0 Å². The summed E-state index contributed by atoms with van der Waals surface area (Å²) >= 11 is 1.35. The summed E-state index contributed by atoms with van der Waals surface area (Å²) in [6.45, 7) is 0. The first-order valence-electron chi connectivity index (χ1n) is 7.87. The molecule has 0 spiro atoms. The van der Waals surface area contributed by atoms with Crippen LogP contribution in [-0.2, 0) is 4.79 Å². The third-order valence-corrected chi connectivity index (χ3v) is 6.02. The van der Waals surface area contributed by atoms with Crippen molar-refractivity contribution in [3.05, 3.63) is 35.0 Å². The minimum absolute atomic E-state index is 0.00983. The van der Waals surface area contributed by atoms with Gasteiger partial charge in [-0.15, -0.1) is 11.3 Å². The molecule has 1 saturated carbocycles. The number of hydrogen-bond acceptors (Lipinski definition) is 3. The molecule has 0 bridgehead atoms. The number of amides is 2. The largest absolute Gasteiger partial charge is 0.351 e. The molecule has 120 valence electrons. The first-order chi connectivity index (χ1) is 11.1. The van der Waals surface area contributed by atoms with Gasteiger partial charge in [0, 0.05) is 4.70 Å². The molecule has 1 aromatic carbocycles. The number of fused-ring (bicyclic) bond motifs is 2. The number of hydrogen-bond donors (Lipinski definition) is 2. The Bertz CT molecular complexity index is 803. The lowest BCUT2D eigenvalue weighted by Crippen LogP contribution is -2.57. The zero-order valence-corrected chi connectivity index (χ0v) is 13.3. The molecule has 2 N–H and O–H groups in total. The number of carbonyl (C=O) groups is 2. The van der Waals surface area contributed by atoms with Crippen LogP contribution in [0.4, 0.5) is 4.39 Å². The minimum Gasteiger partial charge on any atom is -0.351 e. The van der Waals surface area contributed by atoms with Gasteiger partial charge in [0.1, 0.15) is 5.82 Å². The summed E-state index contributed by atoms with van der Waals surface area (Å²) < 4.78 is 14.2.